The van der Waals surface area contributed by atoms with E-state index >= 15 is 0 Å². The number of methoxy groups -OCH3 is 1. The van der Waals surface area contributed by atoms with Crippen LogP contribution in [-0.2, 0) is 9.59 Å². The second-order valence-corrected chi connectivity index (χ2v) is 4.65. The number of hydrogen-bond donors (Lipinski definition) is 1. The molecule has 1 heterocycles. The van der Waals surface area contributed by atoms with Gasteiger partial charge in [0.1, 0.15) is 11.3 Å². The average Bonchev–Trinajstić information content (AvgIpc) is 2.48. The Balaban J connectivity index is 2.43. The first kappa shape index (κ1) is 14.9. The standard InChI is InChI=1S/C15H14N2O3S/c1-3-8-17-14(19)11(13(18)16-15(17)21)9-10-6-4-5-7-12(10)20-2/h3-7,9H,1,8H2,2H3,(H,16,18,21). The lowest BCUT2D eigenvalue weighted by Gasteiger charge is -2.27. The third kappa shape index (κ3) is 3.00. The quantitative estimate of drug-likeness (QED) is 0.396. The number of hydrogen-bond acceptors (Lipinski definition) is 4. The van der Waals surface area contributed by atoms with Crippen LogP contribution in [0.15, 0.2) is 42.5 Å². The number of ether oxygens (including phenoxy) is 1. The second-order valence-electron chi connectivity index (χ2n) is 4.26. The van der Waals surface area contributed by atoms with Gasteiger partial charge in [0.05, 0.1) is 7.11 Å². The maximum absolute atomic E-state index is 12.4. The largest absolute Gasteiger partial charge is 0.496 e. The molecular formula is C15H14N2O3S. The summed E-state index contributed by atoms with van der Waals surface area (Å²) >= 11 is 4.99. The molecule has 1 saturated heterocycles. The third-order valence-corrected chi connectivity index (χ3v) is 3.26. The third-order valence-electron chi connectivity index (χ3n) is 2.94. The van der Waals surface area contributed by atoms with Crippen molar-refractivity contribution >= 4 is 35.2 Å². The van der Waals surface area contributed by atoms with E-state index in [-0.39, 0.29) is 17.2 Å². The molecule has 0 bridgehead atoms. The fraction of sp³-hybridized carbons (Fsp3) is 0.133. The van der Waals surface area contributed by atoms with Crippen LogP contribution in [0.5, 0.6) is 5.75 Å². The van der Waals surface area contributed by atoms with Crippen LogP contribution in [0, 0.1) is 0 Å². The summed E-state index contributed by atoms with van der Waals surface area (Å²) in [7, 11) is 1.53. The molecule has 1 aliphatic heterocycles. The highest BCUT2D eigenvalue weighted by atomic mass is 32.1. The first-order valence-corrected chi connectivity index (χ1v) is 6.62. The van der Waals surface area contributed by atoms with Crippen molar-refractivity contribution in [3.05, 3.63) is 48.1 Å². The van der Waals surface area contributed by atoms with Crippen molar-refractivity contribution in [1.82, 2.24) is 10.2 Å². The molecule has 0 radical (unpaired) electrons. The predicted octanol–water partition coefficient (Wildman–Crippen LogP) is 1.51. The van der Waals surface area contributed by atoms with Gasteiger partial charge in [-0.25, -0.2) is 0 Å². The molecule has 2 amide bonds. The lowest BCUT2D eigenvalue weighted by atomic mass is 10.1. The zero-order chi connectivity index (χ0) is 15.4. The summed E-state index contributed by atoms with van der Waals surface area (Å²) in [5.74, 6) is -0.389. The van der Waals surface area contributed by atoms with E-state index in [1.54, 1.807) is 24.3 Å². The number of nitrogens with one attached hydrogen (secondary N) is 1. The molecule has 1 fully saturated rings. The van der Waals surface area contributed by atoms with Gasteiger partial charge < -0.3 is 4.74 Å². The first-order valence-electron chi connectivity index (χ1n) is 6.21. The molecule has 1 aliphatic rings. The topological polar surface area (TPSA) is 58.6 Å². The molecule has 0 atom stereocenters. The van der Waals surface area contributed by atoms with E-state index in [1.165, 1.54) is 18.1 Å². The molecule has 5 nitrogen and oxygen atoms in total. The highest BCUT2D eigenvalue weighted by molar-refractivity contribution is 7.80. The van der Waals surface area contributed by atoms with Crippen molar-refractivity contribution < 1.29 is 14.3 Å². The fourth-order valence-corrected chi connectivity index (χ4v) is 2.18. The maximum Gasteiger partial charge on any atom is 0.265 e. The Bertz CT molecular complexity index is 652. The number of benzene rings is 1. The van der Waals surface area contributed by atoms with Crippen molar-refractivity contribution in [1.29, 1.82) is 0 Å². The van der Waals surface area contributed by atoms with Crippen LogP contribution in [0.4, 0.5) is 0 Å². The van der Waals surface area contributed by atoms with E-state index in [9.17, 15) is 9.59 Å². The Hall–Kier alpha value is -2.47. The summed E-state index contributed by atoms with van der Waals surface area (Å²) in [6.45, 7) is 3.81. The molecule has 21 heavy (non-hydrogen) atoms. The number of carbonyl (C=O) groups excluding carboxylic acids is 2. The predicted molar refractivity (Wildman–Crippen MR) is 83.6 cm³/mol. The molecule has 0 saturated carbocycles. The molecule has 6 heteroatoms. The zero-order valence-corrected chi connectivity index (χ0v) is 12.3. The Morgan fingerprint density at radius 3 is 2.76 bits per heavy atom. The van der Waals surface area contributed by atoms with Crippen LogP contribution >= 0.6 is 12.2 Å². The summed E-state index contributed by atoms with van der Waals surface area (Å²) in [5.41, 5.74) is 0.653. The van der Waals surface area contributed by atoms with Crippen molar-refractivity contribution in [2.24, 2.45) is 0 Å². The molecule has 0 spiro atoms. The lowest BCUT2D eigenvalue weighted by Crippen LogP contribution is -2.53. The van der Waals surface area contributed by atoms with Gasteiger partial charge in [-0.1, -0.05) is 24.3 Å². The number of rotatable bonds is 4. The Kier molecular flexibility index (Phi) is 4.49. The second kappa shape index (κ2) is 6.32. The van der Waals surface area contributed by atoms with Crippen molar-refractivity contribution in [2.75, 3.05) is 13.7 Å². The number of carbonyl (C=O) groups is 2. The van der Waals surface area contributed by atoms with Crippen LogP contribution in [-0.4, -0.2) is 35.5 Å². The van der Waals surface area contributed by atoms with Gasteiger partial charge in [0.2, 0.25) is 0 Å². The molecule has 1 N–H and O–H groups in total. The van der Waals surface area contributed by atoms with Crippen LogP contribution < -0.4 is 10.1 Å². The van der Waals surface area contributed by atoms with E-state index < -0.39 is 11.8 Å². The molecule has 0 unspecified atom stereocenters. The first-order chi connectivity index (χ1) is 10.1. The molecule has 1 aromatic carbocycles. The van der Waals surface area contributed by atoms with Crippen LogP contribution in [0.25, 0.3) is 6.08 Å². The highest BCUT2D eigenvalue weighted by Crippen LogP contribution is 2.22. The van der Waals surface area contributed by atoms with Crippen LogP contribution in [0.2, 0.25) is 0 Å². The minimum atomic E-state index is -0.517. The van der Waals surface area contributed by atoms with Crippen molar-refractivity contribution in [2.45, 2.75) is 0 Å². The van der Waals surface area contributed by atoms with Crippen LogP contribution in [0.3, 0.4) is 0 Å². The van der Waals surface area contributed by atoms with E-state index in [0.29, 0.717) is 11.3 Å². The summed E-state index contributed by atoms with van der Waals surface area (Å²) < 4.78 is 5.21. The van der Waals surface area contributed by atoms with Crippen molar-refractivity contribution in [3.8, 4) is 5.75 Å². The molecule has 0 aliphatic carbocycles. The summed E-state index contributed by atoms with van der Waals surface area (Å²) in [6, 6.07) is 7.12. The van der Waals surface area contributed by atoms with E-state index in [4.69, 9.17) is 17.0 Å². The van der Waals surface area contributed by atoms with Gasteiger partial charge in [-0.05, 0) is 24.4 Å². The van der Waals surface area contributed by atoms with Gasteiger partial charge in [-0.3, -0.25) is 19.8 Å². The smallest absolute Gasteiger partial charge is 0.265 e. The number of nitrogens with zero attached hydrogens (tertiary/aromatic N) is 1. The van der Waals surface area contributed by atoms with Gasteiger partial charge in [-0.15, -0.1) is 6.58 Å². The maximum atomic E-state index is 12.4. The van der Waals surface area contributed by atoms with Crippen LogP contribution in [0.1, 0.15) is 5.56 Å². The Labute approximate surface area is 127 Å². The van der Waals surface area contributed by atoms with Gasteiger partial charge in [0.15, 0.2) is 5.11 Å². The fourth-order valence-electron chi connectivity index (χ4n) is 1.93. The van der Waals surface area contributed by atoms with Gasteiger partial charge >= 0.3 is 0 Å². The van der Waals surface area contributed by atoms with Crippen molar-refractivity contribution in [3.63, 3.8) is 0 Å². The van der Waals surface area contributed by atoms with Gasteiger partial charge in [-0.2, -0.15) is 0 Å². The summed E-state index contributed by atoms with van der Waals surface area (Å²) in [4.78, 5) is 25.6. The average molecular weight is 302 g/mol. The molecule has 1 aromatic rings. The molecule has 0 aromatic heterocycles. The van der Waals surface area contributed by atoms with Gasteiger partial charge in [0.25, 0.3) is 11.8 Å². The summed E-state index contributed by atoms with van der Waals surface area (Å²) in [6.07, 6.45) is 3.04. The minimum Gasteiger partial charge on any atom is -0.496 e. The van der Waals surface area contributed by atoms with E-state index in [2.05, 4.69) is 11.9 Å². The SMILES string of the molecule is C=CCN1C(=O)C(=Cc2ccccc2OC)C(=O)NC1=S. The molecular weight excluding hydrogens is 288 g/mol. The number of thiocarbonyl (C=S) groups is 1. The molecule has 108 valence electrons. The number of para-hydroxylation sites is 1. The highest BCUT2D eigenvalue weighted by Gasteiger charge is 2.32. The van der Waals surface area contributed by atoms with E-state index in [1.807, 2.05) is 6.07 Å². The zero-order valence-electron chi connectivity index (χ0n) is 11.5. The normalized spacial score (nSPS) is 16.9. The Morgan fingerprint density at radius 2 is 2.10 bits per heavy atom. The monoisotopic (exact) mass is 302 g/mol. The molecule has 2 rings (SSSR count). The lowest BCUT2D eigenvalue weighted by molar-refractivity contribution is -0.128. The van der Waals surface area contributed by atoms with Gasteiger partial charge in [0, 0.05) is 12.1 Å². The Morgan fingerprint density at radius 1 is 1.38 bits per heavy atom. The van der Waals surface area contributed by atoms with E-state index in [0.717, 1.165) is 0 Å². The number of amides is 2. The minimum absolute atomic E-state index is 0.00921. The summed E-state index contributed by atoms with van der Waals surface area (Å²) in [5, 5.41) is 2.58.